The molecular formula is C18H16FN3O3. The normalized spacial score (nSPS) is 10.6. The summed E-state index contributed by atoms with van der Waals surface area (Å²) in [4.78, 5) is 16.2. The lowest BCUT2D eigenvalue weighted by atomic mass is 10.1. The number of hydrogen-bond donors (Lipinski definition) is 2. The van der Waals surface area contributed by atoms with E-state index in [0.717, 1.165) is 0 Å². The molecular weight excluding hydrogens is 325 g/mol. The molecule has 0 atom stereocenters. The maximum Gasteiger partial charge on any atom is 0.227 e. The second-order valence-electron chi connectivity index (χ2n) is 5.57. The van der Waals surface area contributed by atoms with Crippen LogP contribution in [0.5, 0.6) is 5.75 Å². The summed E-state index contributed by atoms with van der Waals surface area (Å²) < 4.78 is 18.4. The van der Waals surface area contributed by atoms with Crippen molar-refractivity contribution in [3.8, 4) is 17.1 Å². The van der Waals surface area contributed by atoms with Gasteiger partial charge in [-0.15, -0.1) is 0 Å². The Labute approximate surface area is 143 Å². The Hall–Kier alpha value is -3.22. The lowest BCUT2D eigenvalue weighted by Gasteiger charge is -2.03. The van der Waals surface area contributed by atoms with Crippen LogP contribution in [0.25, 0.3) is 11.4 Å². The monoisotopic (exact) mass is 341 g/mol. The molecule has 3 rings (SSSR count). The molecule has 1 heterocycles. The van der Waals surface area contributed by atoms with Crippen molar-refractivity contribution >= 4 is 11.6 Å². The van der Waals surface area contributed by atoms with E-state index in [1.165, 1.54) is 18.2 Å². The van der Waals surface area contributed by atoms with E-state index in [2.05, 4.69) is 15.5 Å². The van der Waals surface area contributed by atoms with Crippen LogP contribution in [-0.2, 0) is 11.2 Å². The molecule has 0 spiro atoms. The van der Waals surface area contributed by atoms with Crippen molar-refractivity contribution in [2.24, 2.45) is 0 Å². The van der Waals surface area contributed by atoms with Crippen molar-refractivity contribution in [2.75, 3.05) is 5.32 Å². The Kier molecular flexibility index (Phi) is 4.74. The van der Waals surface area contributed by atoms with Gasteiger partial charge in [0.2, 0.25) is 17.6 Å². The number of phenols is 1. The lowest BCUT2D eigenvalue weighted by Crippen LogP contribution is -2.12. The highest BCUT2D eigenvalue weighted by atomic mass is 19.1. The summed E-state index contributed by atoms with van der Waals surface area (Å²) in [5, 5.41) is 15.8. The number of hydrogen-bond acceptors (Lipinski definition) is 5. The molecule has 0 aliphatic carbocycles. The zero-order chi connectivity index (χ0) is 17.8. The van der Waals surface area contributed by atoms with Gasteiger partial charge in [-0.2, -0.15) is 4.98 Å². The molecule has 2 aromatic carbocycles. The van der Waals surface area contributed by atoms with Gasteiger partial charge in [0.15, 0.2) is 0 Å². The van der Waals surface area contributed by atoms with Crippen LogP contribution >= 0.6 is 0 Å². The van der Waals surface area contributed by atoms with Gasteiger partial charge in [0.05, 0.1) is 0 Å². The highest BCUT2D eigenvalue weighted by Gasteiger charge is 2.12. The van der Waals surface area contributed by atoms with E-state index in [9.17, 15) is 14.3 Å². The van der Waals surface area contributed by atoms with E-state index >= 15 is 0 Å². The average molecular weight is 341 g/mol. The van der Waals surface area contributed by atoms with Crippen LogP contribution in [0.15, 0.2) is 47.0 Å². The minimum absolute atomic E-state index is 0.132. The summed E-state index contributed by atoms with van der Waals surface area (Å²) in [6, 6.07) is 10.8. The van der Waals surface area contributed by atoms with E-state index in [4.69, 9.17) is 4.52 Å². The third-order valence-electron chi connectivity index (χ3n) is 3.60. The number of aryl methyl sites for hydroxylation is 2. The van der Waals surface area contributed by atoms with Crippen molar-refractivity contribution in [2.45, 2.75) is 19.8 Å². The molecule has 0 fully saturated rings. The number of amides is 1. The average Bonchev–Trinajstić information content (AvgIpc) is 3.07. The highest BCUT2D eigenvalue weighted by molar-refractivity contribution is 5.90. The van der Waals surface area contributed by atoms with Crippen molar-refractivity contribution in [1.82, 2.24) is 10.1 Å². The van der Waals surface area contributed by atoms with Crippen LogP contribution in [0, 0.1) is 12.7 Å². The number of phenolic OH excluding ortho intramolecular Hbond substituents is 1. The second kappa shape index (κ2) is 7.12. The topological polar surface area (TPSA) is 88.2 Å². The standard InChI is InChI=1S/C18H16FN3O3/c1-11-10-12(2-7-15(11)19)18-21-17(25-22-18)9-8-16(24)20-13-3-5-14(23)6-4-13/h2-7,10,23H,8-9H2,1H3,(H,20,24). The van der Waals surface area contributed by atoms with Crippen LogP contribution in [0.4, 0.5) is 10.1 Å². The summed E-state index contributed by atoms with van der Waals surface area (Å²) in [7, 11) is 0. The predicted octanol–water partition coefficient (Wildman–Crippen LogP) is 3.46. The third-order valence-corrected chi connectivity index (χ3v) is 3.60. The third kappa shape index (κ3) is 4.20. The van der Waals surface area contributed by atoms with Gasteiger partial charge in [0.25, 0.3) is 0 Å². The second-order valence-corrected chi connectivity index (χ2v) is 5.57. The maximum absolute atomic E-state index is 13.3. The number of nitrogens with one attached hydrogen (secondary N) is 1. The largest absolute Gasteiger partial charge is 0.508 e. The molecule has 7 heteroatoms. The Morgan fingerprint density at radius 2 is 2.00 bits per heavy atom. The zero-order valence-electron chi connectivity index (χ0n) is 13.5. The molecule has 6 nitrogen and oxygen atoms in total. The molecule has 25 heavy (non-hydrogen) atoms. The predicted molar refractivity (Wildman–Crippen MR) is 89.5 cm³/mol. The summed E-state index contributed by atoms with van der Waals surface area (Å²) >= 11 is 0. The summed E-state index contributed by atoms with van der Waals surface area (Å²) in [5.74, 6) is 0.323. The van der Waals surface area contributed by atoms with Gasteiger partial charge in [0.1, 0.15) is 11.6 Å². The van der Waals surface area contributed by atoms with Crippen LogP contribution in [0.1, 0.15) is 17.9 Å². The van der Waals surface area contributed by atoms with Crippen LogP contribution in [0.2, 0.25) is 0 Å². The minimum atomic E-state index is -0.293. The van der Waals surface area contributed by atoms with Crippen molar-refractivity contribution in [3.63, 3.8) is 0 Å². The Balaban J connectivity index is 1.58. The first kappa shape index (κ1) is 16.6. The fourth-order valence-electron chi connectivity index (χ4n) is 2.25. The molecule has 1 aromatic heterocycles. The van der Waals surface area contributed by atoms with Gasteiger partial charge < -0.3 is 14.9 Å². The molecule has 128 valence electrons. The summed E-state index contributed by atoms with van der Waals surface area (Å²) in [6.07, 6.45) is 0.460. The fraction of sp³-hybridized carbons (Fsp3) is 0.167. The number of benzene rings is 2. The van der Waals surface area contributed by atoms with Crippen LogP contribution < -0.4 is 5.32 Å². The molecule has 2 N–H and O–H groups in total. The van der Waals surface area contributed by atoms with E-state index in [1.807, 2.05) is 0 Å². The molecule has 0 unspecified atom stereocenters. The number of aromatic nitrogens is 2. The van der Waals surface area contributed by atoms with Crippen molar-refractivity contribution in [3.05, 3.63) is 59.7 Å². The van der Waals surface area contributed by atoms with Gasteiger partial charge in [-0.1, -0.05) is 5.16 Å². The van der Waals surface area contributed by atoms with E-state index in [1.54, 1.807) is 31.2 Å². The van der Waals surface area contributed by atoms with E-state index in [0.29, 0.717) is 28.5 Å². The summed E-state index contributed by atoms with van der Waals surface area (Å²) in [5.41, 5.74) is 1.75. The lowest BCUT2D eigenvalue weighted by molar-refractivity contribution is -0.116. The summed E-state index contributed by atoms with van der Waals surface area (Å²) in [6.45, 7) is 1.66. The number of carbonyl (C=O) groups is 1. The molecule has 3 aromatic rings. The first-order valence-corrected chi connectivity index (χ1v) is 7.69. The van der Waals surface area contributed by atoms with Gasteiger partial charge in [-0.3, -0.25) is 4.79 Å². The number of anilines is 1. The first-order valence-electron chi connectivity index (χ1n) is 7.69. The number of aromatic hydroxyl groups is 1. The molecule has 0 saturated carbocycles. The van der Waals surface area contributed by atoms with Crippen molar-refractivity contribution < 1.29 is 18.8 Å². The van der Waals surface area contributed by atoms with E-state index < -0.39 is 0 Å². The smallest absolute Gasteiger partial charge is 0.227 e. The van der Waals surface area contributed by atoms with Crippen LogP contribution in [-0.4, -0.2) is 21.2 Å². The van der Waals surface area contributed by atoms with Gasteiger partial charge in [0, 0.05) is 24.1 Å². The number of halogens is 1. The number of nitrogens with zero attached hydrogens (tertiary/aromatic N) is 2. The molecule has 0 aliphatic rings. The molecule has 1 amide bonds. The van der Waals surface area contributed by atoms with Gasteiger partial charge in [-0.05, 0) is 55.0 Å². The molecule has 0 bridgehead atoms. The molecule has 0 aliphatic heterocycles. The van der Waals surface area contributed by atoms with Crippen LogP contribution in [0.3, 0.4) is 0 Å². The van der Waals surface area contributed by atoms with Gasteiger partial charge in [-0.25, -0.2) is 4.39 Å². The van der Waals surface area contributed by atoms with Gasteiger partial charge >= 0.3 is 0 Å². The fourth-order valence-corrected chi connectivity index (χ4v) is 2.25. The SMILES string of the molecule is Cc1cc(-c2noc(CCC(=O)Nc3ccc(O)cc3)n2)ccc1F. The quantitative estimate of drug-likeness (QED) is 0.694. The number of carbonyl (C=O) groups excluding carboxylic acids is 1. The Morgan fingerprint density at radius 3 is 2.72 bits per heavy atom. The Morgan fingerprint density at radius 1 is 1.24 bits per heavy atom. The minimum Gasteiger partial charge on any atom is -0.508 e. The molecule has 0 radical (unpaired) electrons. The zero-order valence-corrected chi connectivity index (χ0v) is 13.5. The Bertz CT molecular complexity index is 891. The highest BCUT2D eigenvalue weighted by Crippen LogP contribution is 2.19. The maximum atomic E-state index is 13.3. The number of rotatable bonds is 5. The first-order chi connectivity index (χ1) is 12.0. The van der Waals surface area contributed by atoms with Crippen molar-refractivity contribution in [1.29, 1.82) is 0 Å². The molecule has 0 saturated heterocycles. The van der Waals surface area contributed by atoms with E-state index in [-0.39, 0.29) is 30.3 Å².